The number of amidine groups is 1. The molecule has 338 valence electrons. The largest absolute Gasteiger partial charge is 0.679 e. The lowest BCUT2D eigenvalue weighted by atomic mass is 10.0. The van der Waals surface area contributed by atoms with Gasteiger partial charge in [0.15, 0.2) is 5.84 Å². The molecule has 0 unspecified atom stereocenters. The van der Waals surface area contributed by atoms with Crippen molar-refractivity contribution in [2.75, 3.05) is 26.4 Å². The van der Waals surface area contributed by atoms with Crippen molar-refractivity contribution in [3.05, 3.63) is 115 Å². The van der Waals surface area contributed by atoms with Gasteiger partial charge in [-0.2, -0.15) is 0 Å². The SMILES string of the molecule is CCCCCCCCOc1ccc(C2=N/C(=N\c3c(-c4ccc(OCC)cc4)c(I)c(-c4ccc(OCCCCCCCC)cc4)n3B(F)F)C(c3ccc(OCC)cc3)=C2I)cc1. The van der Waals surface area contributed by atoms with Crippen LogP contribution in [0.1, 0.15) is 116 Å². The lowest BCUT2D eigenvalue weighted by Crippen LogP contribution is -2.14. The Kier molecular flexibility index (Phi) is 19.6. The topological polar surface area (TPSA) is 66.6 Å². The first kappa shape index (κ1) is 49.3. The third kappa shape index (κ3) is 13.0. The second-order valence-corrected chi connectivity index (χ2v) is 17.9. The first-order valence-corrected chi connectivity index (χ1v) is 25.2. The number of ether oxygens (including phenoxy) is 4. The molecule has 0 saturated heterocycles. The van der Waals surface area contributed by atoms with Crippen molar-refractivity contribution in [2.24, 2.45) is 9.98 Å². The average molecular weight is 1090 g/mol. The minimum atomic E-state index is -2.92. The molecule has 6 rings (SSSR count). The van der Waals surface area contributed by atoms with Crippen LogP contribution < -0.4 is 18.9 Å². The van der Waals surface area contributed by atoms with Crippen molar-refractivity contribution in [1.29, 1.82) is 0 Å². The number of rotatable bonds is 26. The van der Waals surface area contributed by atoms with Gasteiger partial charge in [-0.3, -0.25) is 8.63 Å². The lowest BCUT2D eigenvalue weighted by Gasteiger charge is -2.12. The predicted octanol–water partition coefficient (Wildman–Crippen LogP) is 15.9. The molecule has 1 aliphatic rings. The van der Waals surface area contributed by atoms with Gasteiger partial charge in [-0.15, -0.1) is 0 Å². The van der Waals surface area contributed by atoms with E-state index < -0.39 is 7.40 Å². The normalized spacial score (nSPS) is 13.1. The monoisotopic (exact) mass is 1090 g/mol. The third-order valence-electron chi connectivity index (χ3n) is 11.1. The van der Waals surface area contributed by atoms with Crippen LogP contribution in [-0.2, 0) is 0 Å². The van der Waals surface area contributed by atoms with E-state index in [1.165, 1.54) is 51.4 Å². The number of nitrogens with zero attached hydrogens (tertiary/aromatic N) is 3. The Balaban J connectivity index is 1.41. The number of unbranched alkanes of at least 4 members (excludes halogenated alkanes) is 10. The Hall–Kier alpha value is -4.18. The van der Waals surface area contributed by atoms with Crippen LogP contribution in [-0.4, -0.2) is 49.9 Å². The summed E-state index contributed by atoms with van der Waals surface area (Å²) in [5.41, 5.74) is 5.45. The molecule has 2 heterocycles. The Bertz CT molecular complexity index is 2330. The van der Waals surface area contributed by atoms with E-state index in [2.05, 4.69) is 59.0 Å². The Morgan fingerprint density at radius 3 is 1.42 bits per heavy atom. The quantitative estimate of drug-likeness (QED) is 0.0314. The van der Waals surface area contributed by atoms with Crippen LogP contribution in [0.5, 0.6) is 23.0 Å². The summed E-state index contributed by atoms with van der Waals surface area (Å²) in [6.45, 7) is 10.6. The molecule has 0 bridgehead atoms. The average Bonchev–Trinajstić information content (AvgIpc) is 3.79. The molecule has 0 atom stereocenters. The number of hydrogen-bond donors (Lipinski definition) is 0. The number of benzene rings is 4. The molecule has 64 heavy (non-hydrogen) atoms. The maximum Gasteiger partial charge on any atom is 0.679 e. The maximum atomic E-state index is 15.9. The van der Waals surface area contributed by atoms with Crippen LogP contribution in [0.25, 0.3) is 28.0 Å². The van der Waals surface area contributed by atoms with Crippen molar-refractivity contribution >= 4 is 75.5 Å². The van der Waals surface area contributed by atoms with Crippen LogP contribution >= 0.6 is 45.2 Å². The van der Waals surface area contributed by atoms with E-state index in [1.807, 2.05) is 111 Å². The van der Waals surface area contributed by atoms with Crippen LogP contribution in [0.2, 0.25) is 0 Å². The van der Waals surface area contributed by atoms with Gasteiger partial charge in [0.25, 0.3) is 0 Å². The fraction of sp³-hybridized carbons (Fsp3) is 0.385. The smallest absolute Gasteiger partial charge is 0.494 e. The summed E-state index contributed by atoms with van der Waals surface area (Å²) in [5.74, 6) is 3.37. The Morgan fingerprint density at radius 1 is 0.531 bits per heavy atom. The molecule has 0 saturated carbocycles. The highest BCUT2D eigenvalue weighted by atomic mass is 127. The summed E-state index contributed by atoms with van der Waals surface area (Å²) >= 11 is 4.51. The van der Waals surface area contributed by atoms with Gasteiger partial charge in [-0.05, 0) is 161 Å². The highest BCUT2D eigenvalue weighted by Crippen LogP contribution is 2.46. The molecule has 12 heteroatoms. The molecule has 1 aliphatic heterocycles. The maximum absolute atomic E-state index is 15.9. The molecule has 4 aromatic carbocycles. The van der Waals surface area contributed by atoms with Crippen molar-refractivity contribution in [3.63, 3.8) is 0 Å². The molecule has 5 aromatic rings. The number of halogens is 4. The molecule has 0 spiro atoms. The summed E-state index contributed by atoms with van der Waals surface area (Å²) in [4.78, 5) is 10.3. The molecular weight excluding hydrogens is 1030 g/mol. The number of aliphatic imine (C=N–C) groups is 2. The van der Waals surface area contributed by atoms with E-state index in [1.54, 1.807) is 0 Å². The molecular formula is C52H60BF2I2N3O4. The van der Waals surface area contributed by atoms with Crippen LogP contribution in [0.3, 0.4) is 0 Å². The van der Waals surface area contributed by atoms with Crippen molar-refractivity contribution < 1.29 is 27.6 Å². The fourth-order valence-electron chi connectivity index (χ4n) is 7.76. The highest BCUT2D eigenvalue weighted by Gasteiger charge is 2.34. The van der Waals surface area contributed by atoms with E-state index in [4.69, 9.17) is 28.9 Å². The van der Waals surface area contributed by atoms with Gasteiger partial charge in [0.2, 0.25) is 0 Å². The molecule has 1 aromatic heterocycles. The molecule has 0 amide bonds. The van der Waals surface area contributed by atoms with Crippen LogP contribution in [0.15, 0.2) is 111 Å². The van der Waals surface area contributed by atoms with Crippen molar-refractivity contribution in [3.8, 4) is 45.4 Å². The molecule has 0 N–H and O–H groups in total. The molecule has 7 nitrogen and oxygen atoms in total. The van der Waals surface area contributed by atoms with Crippen molar-refractivity contribution in [1.82, 2.24) is 4.48 Å². The van der Waals surface area contributed by atoms with Crippen LogP contribution in [0.4, 0.5) is 14.4 Å². The summed E-state index contributed by atoms with van der Waals surface area (Å²) in [6, 6.07) is 30.7. The summed E-state index contributed by atoms with van der Waals surface area (Å²) in [5, 5.41) is 0. The minimum Gasteiger partial charge on any atom is -0.494 e. The van der Waals surface area contributed by atoms with E-state index >= 15 is 8.63 Å². The number of allylic oxidation sites excluding steroid dienone is 1. The van der Waals surface area contributed by atoms with Crippen LogP contribution in [0, 0.1) is 3.57 Å². The molecule has 0 aliphatic carbocycles. The highest BCUT2D eigenvalue weighted by molar-refractivity contribution is 14.1. The van der Waals surface area contributed by atoms with E-state index in [0.29, 0.717) is 69.9 Å². The van der Waals surface area contributed by atoms with Gasteiger partial charge in [-0.1, -0.05) is 102 Å². The zero-order valence-electron chi connectivity index (χ0n) is 37.6. The van der Waals surface area contributed by atoms with Gasteiger partial charge in [-0.25, -0.2) is 9.98 Å². The third-order valence-corrected chi connectivity index (χ3v) is 13.2. The summed E-state index contributed by atoms with van der Waals surface area (Å²) in [7, 11) is -2.92. The van der Waals surface area contributed by atoms with Crippen molar-refractivity contribution in [2.45, 2.75) is 105 Å². The predicted molar refractivity (Wildman–Crippen MR) is 279 cm³/mol. The van der Waals surface area contributed by atoms with Gasteiger partial charge in [0.05, 0.1) is 41.4 Å². The Morgan fingerprint density at radius 2 is 0.953 bits per heavy atom. The number of hydrogen-bond acceptors (Lipinski definition) is 5. The lowest BCUT2D eigenvalue weighted by molar-refractivity contribution is 0.304. The van der Waals surface area contributed by atoms with E-state index in [-0.39, 0.29) is 5.82 Å². The summed E-state index contributed by atoms with van der Waals surface area (Å²) < 4.78 is 58.0. The standard InChI is InChI=1S/C52H60BF2I2N3O4/c1-5-9-11-13-15-17-35-63-43-31-23-39(24-32-43)49-47(56)45(37-19-27-41(28-20-37)61-7-3)51(58-49)59-52-46(38-21-29-42(30-22-38)62-8-4)48(57)50(60(52)53(54)55)40-25-33-44(34-26-40)64-36-18-16-14-12-10-6-2/h19-34H,5-18,35-36H2,1-4H3/b59-51-. The first-order chi connectivity index (χ1) is 31.3. The summed E-state index contributed by atoms with van der Waals surface area (Å²) in [6.07, 6.45) is 14.2. The fourth-order valence-corrected chi connectivity index (χ4v) is 9.87. The number of aromatic nitrogens is 1. The van der Waals surface area contributed by atoms with Gasteiger partial charge in [0, 0.05) is 20.3 Å². The minimum absolute atomic E-state index is 0.105. The van der Waals surface area contributed by atoms with E-state index in [0.717, 1.165) is 67.5 Å². The second-order valence-electron chi connectivity index (χ2n) is 15.8. The zero-order chi connectivity index (χ0) is 45.3. The Labute approximate surface area is 406 Å². The molecule has 0 radical (unpaired) electrons. The van der Waals surface area contributed by atoms with E-state index in [9.17, 15) is 0 Å². The van der Waals surface area contributed by atoms with Gasteiger partial charge < -0.3 is 23.4 Å². The second kappa shape index (κ2) is 25.5. The van der Waals surface area contributed by atoms with Gasteiger partial charge in [0.1, 0.15) is 28.8 Å². The van der Waals surface area contributed by atoms with Gasteiger partial charge >= 0.3 is 7.40 Å². The molecule has 0 fully saturated rings. The first-order valence-electron chi connectivity index (χ1n) is 23.0. The zero-order valence-corrected chi connectivity index (χ0v) is 41.9.